The molecule has 0 amide bonds. The first-order chi connectivity index (χ1) is 14.8. The molecule has 1 aromatic carbocycles. The summed E-state index contributed by atoms with van der Waals surface area (Å²) in [7, 11) is -2.84. The number of hydrogen-bond donors (Lipinski definition) is 2. The van der Waals surface area contributed by atoms with Gasteiger partial charge in [0.2, 0.25) is 5.95 Å². The lowest BCUT2D eigenvalue weighted by atomic mass is 10.1. The highest BCUT2D eigenvalue weighted by Gasteiger charge is 2.28. The van der Waals surface area contributed by atoms with Gasteiger partial charge in [-0.2, -0.15) is 4.98 Å². The van der Waals surface area contributed by atoms with Crippen molar-refractivity contribution in [1.29, 1.82) is 0 Å². The van der Waals surface area contributed by atoms with Crippen molar-refractivity contribution in [3.05, 3.63) is 48.0 Å². The van der Waals surface area contributed by atoms with Crippen LogP contribution in [0.25, 0.3) is 16.9 Å². The Labute approximate surface area is 180 Å². The minimum absolute atomic E-state index is 0.0185. The van der Waals surface area contributed by atoms with E-state index in [-0.39, 0.29) is 23.4 Å². The second kappa shape index (κ2) is 8.64. The molecular weight excluding hydrogens is 418 g/mol. The van der Waals surface area contributed by atoms with E-state index >= 15 is 0 Å². The number of rotatable bonds is 4. The minimum atomic E-state index is -2.84. The van der Waals surface area contributed by atoms with Gasteiger partial charge in [-0.25, -0.2) is 12.9 Å². The summed E-state index contributed by atoms with van der Waals surface area (Å²) in [5.74, 6) is 0.144. The Kier molecular flexibility index (Phi) is 5.92. The molecule has 5 rings (SSSR count). The molecule has 2 fully saturated rings. The molecule has 3 aromatic rings. The van der Waals surface area contributed by atoms with Crippen LogP contribution in [0.15, 0.2) is 42.5 Å². The van der Waals surface area contributed by atoms with Gasteiger partial charge in [-0.05, 0) is 30.5 Å². The van der Waals surface area contributed by atoms with E-state index in [9.17, 15) is 13.2 Å². The van der Waals surface area contributed by atoms with Gasteiger partial charge < -0.3 is 10.8 Å². The fourth-order valence-corrected chi connectivity index (χ4v) is 4.69. The number of benzene rings is 1. The van der Waals surface area contributed by atoms with E-state index in [0.717, 1.165) is 36.2 Å². The van der Waals surface area contributed by atoms with Gasteiger partial charge in [-0.1, -0.05) is 30.3 Å². The first-order valence-electron chi connectivity index (χ1n) is 10.2. The van der Waals surface area contributed by atoms with Crippen molar-refractivity contribution in [2.75, 3.05) is 30.3 Å². The molecule has 3 N–H and O–H groups in total. The highest BCUT2D eigenvalue weighted by molar-refractivity contribution is 7.91. The highest BCUT2D eigenvalue weighted by Crippen LogP contribution is 2.28. The maximum Gasteiger partial charge on any atom is 0.306 e. The number of nitrogen functional groups attached to an aromatic ring is 1. The Hall–Kier alpha value is -2.98. The lowest BCUT2D eigenvalue weighted by Gasteiger charge is -2.26. The molecule has 3 heterocycles. The molecule has 0 spiro atoms. The zero-order valence-corrected chi connectivity index (χ0v) is 17.8. The second-order valence-electron chi connectivity index (χ2n) is 7.89. The first kappa shape index (κ1) is 21.3. The standard InChI is InChI=1S/C17H19N5O2S.C4H6O2/c18-17-19-16-3-1-2-15(22(16)20-17)14-6-4-13(5-7-14)12-21-8-10-25(23,24)11-9-21;5-4(6)3-1-2-3/h1-7H,8-12H2,(H2,18,20);3H,1-2H2,(H,5,6). The zero-order chi connectivity index (χ0) is 22.0. The molecule has 2 aromatic heterocycles. The topological polar surface area (TPSA) is 131 Å². The third-order valence-electron chi connectivity index (χ3n) is 5.40. The van der Waals surface area contributed by atoms with Crippen LogP contribution in [0.1, 0.15) is 18.4 Å². The van der Waals surface area contributed by atoms with Crippen LogP contribution in [0.3, 0.4) is 0 Å². The van der Waals surface area contributed by atoms with E-state index in [1.165, 1.54) is 0 Å². The highest BCUT2D eigenvalue weighted by atomic mass is 32.2. The number of hydrogen-bond acceptors (Lipinski definition) is 7. The summed E-state index contributed by atoms with van der Waals surface area (Å²) in [5.41, 5.74) is 9.53. The number of sulfone groups is 1. The quantitative estimate of drug-likeness (QED) is 0.623. The van der Waals surface area contributed by atoms with Crippen molar-refractivity contribution in [2.45, 2.75) is 19.4 Å². The number of nitrogens with two attached hydrogens (primary N) is 1. The third-order valence-corrected chi connectivity index (χ3v) is 7.00. The Morgan fingerprint density at radius 2 is 1.77 bits per heavy atom. The lowest BCUT2D eigenvalue weighted by Crippen LogP contribution is -2.39. The number of carbonyl (C=O) groups is 1. The fourth-order valence-electron chi connectivity index (χ4n) is 3.42. The molecule has 1 saturated heterocycles. The number of pyridine rings is 1. The Balaban J connectivity index is 0.000000334. The average molecular weight is 444 g/mol. The van der Waals surface area contributed by atoms with Crippen molar-refractivity contribution in [3.63, 3.8) is 0 Å². The Morgan fingerprint density at radius 1 is 1.10 bits per heavy atom. The molecule has 31 heavy (non-hydrogen) atoms. The van der Waals surface area contributed by atoms with Crippen LogP contribution in [-0.4, -0.2) is 63.6 Å². The Bertz CT molecular complexity index is 1170. The maximum absolute atomic E-state index is 11.5. The van der Waals surface area contributed by atoms with E-state index in [1.807, 2.05) is 30.3 Å². The van der Waals surface area contributed by atoms with Gasteiger partial charge in [0.15, 0.2) is 15.5 Å². The van der Waals surface area contributed by atoms with Crippen molar-refractivity contribution in [1.82, 2.24) is 19.5 Å². The van der Waals surface area contributed by atoms with Crippen LogP contribution >= 0.6 is 0 Å². The van der Waals surface area contributed by atoms with Crippen LogP contribution < -0.4 is 5.73 Å². The monoisotopic (exact) mass is 443 g/mol. The SMILES string of the molecule is Nc1nc2cccc(-c3ccc(CN4CCS(=O)(=O)CC4)cc3)n2n1.O=C(O)C1CC1. The van der Waals surface area contributed by atoms with Gasteiger partial charge in [0, 0.05) is 25.2 Å². The van der Waals surface area contributed by atoms with Crippen molar-refractivity contribution in [2.24, 2.45) is 5.92 Å². The Morgan fingerprint density at radius 3 is 2.35 bits per heavy atom. The summed E-state index contributed by atoms with van der Waals surface area (Å²) in [6.07, 6.45) is 1.80. The molecule has 164 valence electrons. The van der Waals surface area contributed by atoms with E-state index in [2.05, 4.69) is 27.1 Å². The van der Waals surface area contributed by atoms with E-state index in [4.69, 9.17) is 10.8 Å². The summed E-state index contributed by atoms with van der Waals surface area (Å²) in [6.45, 7) is 1.96. The lowest BCUT2D eigenvalue weighted by molar-refractivity contribution is -0.138. The van der Waals surface area contributed by atoms with Crippen LogP contribution in [0.5, 0.6) is 0 Å². The molecule has 9 nitrogen and oxygen atoms in total. The largest absolute Gasteiger partial charge is 0.481 e. The van der Waals surface area contributed by atoms with Crippen LogP contribution in [-0.2, 0) is 21.2 Å². The molecule has 1 aliphatic heterocycles. The first-order valence-corrected chi connectivity index (χ1v) is 12.0. The summed E-state index contributed by atoms with van der Waals surface area (Å²) in [5, 5.41) is 12.3. The second-order valence-corrected chi connectivity index (χ2v) is 10.2. The molecule has 0 atom stereocenters. The molecule has 10 heteroatoms. The van der Waals surface area contributed by atoms with Gasteiger partial charge in [0.05, 0.1) is 23.1 Å². The van der Waals surface area contributed by atoms with Crippen molar-refractivity contribution >= 4 is 27.4 Å². The maximum atomic E-state index is 11.5. The van der Waals surface area contributed by atoms with E-state index in [0.29, 0.717) is 18.7 Å². The van der Waals surface area contributed by atoms with Crippen molar-refractivity contribution in [3.8, 4) is 11.3 Å². The van der Waals surface area contributed by atoms with Gasteiger partial charge in [0.25, 0.3) is 0 Å². The number of anilines is 1. The summed E-state index contributed by atoms with van der Waals surface area (Å²) in [4.78, 5) is 16.1. The number of carboxylic acids is 1. The van der Waals surface area contributed by atoms with Crippen molar-refractivity contribution < 1.29 is 18.3 Å². The van der Waals surface area contributed by atoms with Gasteiger partial charge in [-0.3, -0.25) is 9.69 Å². The molecule has 1 aliphatic carbocycles. The number of fused-ring (bicyclic) bond motifs is 1. The molecule has 0 radical (unpaired) electrons. The predicted octanol–water partition coefficient (Wildman–Crippen LogP) is 1.69. The third kappa shape index (κ3) is 5.39. The number of aromatic nitrogens is 3. The fraction of sp³-hybridized carbons (Fsp3) is 0.381. The summed E-state index contributed by atoms with van der Waals surface area (Å²) in [6, 6.07) is 14.0. The van der Waals surface area contributed by atoms with Crippen LogP contribution in [0.4, 0.5) is 5.95 Å². The number of aliphatic carboxylic acids is 1. The molecule has 1 saturated carbocycles. The van der Waals surface area contributed by atoms with E-state index < -0.39 is 15.8 Å². The molecule has 2 aliphatic rings. The smallest absolute Gasteiger partial charge is 0.306 e. The van der Waals surface area contributed by atoms with Crippen LogP contribution in [0, 0.1) is 5.92 Å². The van der Waals surface area contributed by atoms with Gasteiger partial charge in [0.1, 0.15) is 0 Å². The summed E-state index contributed by atoms with van der Waals surface area (Å²) >= 11 is 0. The van der Waals surface area contributed by atoms with E-state index in [1.54, 1.807) is 4.52 Å². The molecular formula is C21H25N5O4S. The average Bonchev–Trinajstić information content (AvgIpc) is 3.52. The minimum Gasteiger partial charge on any atom is -0.481 e. The summed E-state index contributed by atoms with van der Waals surface area (Å²) < 4.78 is 24.8. The normalized spacial score (nSPS) is 18.3. The zero-order valence-electron chi connectivity index (χ0n) is 17.0. The molecule has 0 unspecified atom stereocenters. The predicted molar refractivity (Wildman–Crippen MR) is 117 cm³/mol. The van der Waals surface area contributed by atoms with Gasteiger partial charge >= 0.3 is 5.97 Å². The molecule has 0 bridgehead atoms. The van der Waals surface area contributed by atoms with Gasteiger partial charge in [-0.15, -0.1) is 5.10 Å². The van der Waals surface area contributed by atoms with Crippen LogP contribution in [0.2, 0.25) is 0 Å². The number of carboxylic acid groups (broad SMARTS) is 1. The number of nitrogens with zero attached hydrogens (tertiary/aromatic N) is 4.